The normalized spacial score (nSPS) is 25.4. The first-order valence-corrected chi connectivity index (χ1v) is 8.26. The summed E-state index contributed by atoms with van der Waals surface area (Å²) in [5.74, 6) is -1.47. The van der Waals surface area contributed by atoms with Crippen molar-refractivity contribution >= 4 is 11.7 Å². The number of benzene rings is 1. The molecule has 5 nitrogen and oxygen atoms in total. The summed E-state index contributed by atoms with van der Waals surface area (Å²) < 4.78 is 32.1. The van der Waals surface area contributed by atoms with Gasteiger partial charge in [0.15, 0.2) is 0 Å². The molecule has 0 radical (unpaired) electrons. The molecule has 2 atom stereocenters. The van der Waals surface area contributed by atoms with E-state index in [1.807, 2.05) is 6.92 Å². The Bertz CT molecular complexity index is 596. The second-order valence-electron chi connectivity index (χ2n) is 6.50. The summed E-state index contributed by atoms with van der Waals surface area (Å²) in [6, 6.07) is 2.52. The Hall–Kier alpha value is -1.73. The van der Waals surface area contributed by atoms with Crippen LogP contribution in [0, 0.1) is 17.0 Å². The van der Waals surface area contributed by atoms with Crippen LogP contribution < -0.4 is 5.32 Å². The predicted molar refractivity (Wildman–Crippen MR) is 84.7 cm³/mol. The molecule has 0 bridgehead atoms. The van der Waals surface area contributed by atoms with E-state index in [9.17, 15) is 18.7 Å². The van der Waals surface area contributed by atoms with E-state index in [0.717, 1.165) is 18.2 Å². The average molecular weight is 340 g/mol. The van der Waals surface area contributed by atoms with Gasteiger partial charge in [-0.2, -0.15) is 0 Å². The molecule has 1 saturated carbocycles. The molecule has 2 aliphatic rings. The summed E-state index contributed by atoms with van der Waals surface area (Å²) in [6.45, 7) is 3.49. The topological polar surface area (TPSA) is 61.8 Å². The minimum absolute atomic E-state index is 0.0417. The summed E-state index contributed by atoms with van der Waals surface area (Å²) in [5.41, 5.74) is -0.175. The van der Waals surface area contributed by atoms with Crippen LogP contribution in [0.5, 0.6) is 0 Å². The van der Waals surface area contributed by atoms with Crippen molar-refractivity contribution in [1.82, 2.24) is 4.90 Å². The molecule has 1 saturated heterocycles. The number of carbonyl (C=O) groups excluding carboxylic acids is 1. The third kappa shape index (κ3) is 3.10. The summed E-state index contributed by atoms with van der Waals surface area (Å²) in [6.07, 6.45) is 1.60. The molecule has 1 spiro atoms. The molecular formula is C17H22F2N2O3. The van der Waals surface area contributed by atoms with Crippen LogP contribution in [-0.2, 0) is 4.74 Å². The number of aliphatic hydroxyl groups excluding tert-OH is 1. The SMILES string of the molecule is CCO[C@@H]1C[C@H](O)C12CCN(C(=O)Nc1cc(F)cc(F)c1)CC2. The highest BCUT2D eigenvalue weighted by molar-refractivity contribution is 5.89. The van der Waals surface area contributed by atoms with Gasteiger partial charge in [-0.15, -0.1) is 0 Å². The highest BCUT2D eigenvalue weighted by Gasteiger charge is 2.56. The first-order chi connectivity index (χ1) is 11.4. The zero-order valence-electron chi connectivity index (χ0n) is 13.6. The molecule has 0 unspecified atom stereocenters. The third-order valence-electron chi connectivity index (χ3n) is 5.21. The van der Waals surface area contributed by atoms with Crippen molar-refractivity contribution in [3.8, 4) is 0 Å². The fourth-order valence-corrected chi connectivity index (χ4v) is 3.77. The monoisotopic (exact) mass is 340 g/mol. The number of ether oxygens (including phenoxy) is 1. The number of rotatable bonds is 3. The molecule has 1 aromatic carbocycles. The largest absolute Gasteiger partial charge is 0.392 e. The van der Waals surface area contributed by atoms with Crippen molar-refractivity contribution in [3.05, 3.63) is 29.8 Å². The number of anilines is 1. The highest BCUT2D eigenvalue weighted by Crippen LogP contribution is 2.50. The molecule has 1 aliphatic heterocycles. The van der Waals surface area contributed by atoms with E-state index in [-0.39, 0.29) is 17.2 Å². The van der Waals surface area contributed by atoms with E-state index in [1.165, 1.54) is 0 Å². The molecule has 2 amide bonds. The standard InChI is InChI=1S/C17H22F2N2O3/c1-2-24-15-10-14(22)17(15)3-5-21(6-4-17)16(23)20-13-8-11(18)7-12(19)9-13/h7-9,14-15,22H,2-6,10H2,1H3,(H,20,23)/t14-,15+/m0/s1. The molecule has 7 heteroatoms. The zero-order valence-corrected chi connectivity index (χ0v) is 13.6. The van der Waals surface area contributed by atoms with E-state index < -0.39 is 23.8 Å². The van der Waals surface area contributed by atoms with Crippen LogP contribution in [0.3, 0.4) is 0 Å². The maximum atomic E-state index is 13.2. The third-order valence-corrected chi connectivity index (χ3v) is 5.21. The van der Waals surface area contributed by atoms with Crippen molar-refractivity contribution in [1.29, 1.82) is 0 Å². The molecule has 132 valence electrons. The first-order valence-electron chi connectivity index (χ1n) is 8.26. The van der Waals surface area contributed by atoms with E-state index >= 15 is 0 Å². The second kappa shape index (κ2) is 6.64. The number of likely N-dealkylation sites (tertiary alicyclic amines) is 1. The molecule has 2 fully saturated rings. The van der Waals surface area contributed by atoms with Gasteiger partial charge in [-0.1, -0.05) is 0 Å². The van der Waals surface area contributed by atoms with E-state index in [4.69, 9.17) is 4.74 Å². The van der Waals surface area contributed by atoms with Gasteiger partial charge >= 0.3 is 6.03 Å². The van der Waals surface area contributed by atoms with Gasteiger partial charge in [-0.25, -0.2) is 13.6 Å². The quantitative estimate of drug-likeness (QED) is 0.889. The number of nitrogens with one attached hydrogen (secondary N) is 1. The molecule has 3 rings (SSSR count). The lowest BCUT2D eigenvalue weighted by Crippen LogP contribution is -2.63. The molecule has 1 heterocycles. The Morgan fingerprint density at radius 3 is 2.50 bits per heavy atom. The number of hydrogen-bond donors (Lipinski definition) is 2. The van der Waals surface area contributed by atoms with Gasteiger partial charge in [0.05, 0.1) is 12.2 Å². The Morgan fingerprint density at radius 1 is 1.33 bits per heavy atom. The Morgan fingerprint density at radius 2 is 1.96 bits per heavy atom. The Labute approximate surface area is 139 Å². The number of piperidine rings is 1. The number of halogens is 2. The first kappa shape index (κ1) is 17.1. The van der Waals surface area contributed by atoms with Gasteiger partial charge in [-0.3, -0.25) is 0 Å². The molecule has 24 heavy (non-hydrogen) atoms. The number of urea groups is 1. The number of aliphatic hydroxyl groups is 1. The molecular weight excluding hydrogens is 318 g/mol. The summed E-state index contributed by atoms with van der Waals surface area (Å²) in [4.78, 5) is 13.9. The lowest BCUT2D eigenvalue weighted by molar-refractivity contribution is -0.207. The highest BCUT2D eigenvalue weighted by atomic mass is 19.1. The van der Waals surface area contributed by atoms with Crippen LogP contribution in [0.2, 0.25) is 0 Å². The zero-order chi connectivity index (χ0) is 17.3. The molecule has 1 aliphatic carbocycles. The minimum Gasteiger partial charge on any atom is -0.392 e. The smallest absolute Gasteiger partial charge is 0.321 e. The van der Waals surface area contributed by atoms with E-state index in [2.05, 4.69) is 5.32 Å². The Kier molecular flexibility index (Phi) is 4.73. The number of hydrogen-bond acceptors (Lipinski definition) is 3. The maximum Gasteiger partial charge on any atom is 0.321 e. The minimum atomic E-state index is -0.736. The van der Waals surface area contributed by atoms with Crippen molar-refractivity contribution in [2.45, 2.75) is 38.4 Å². The average Bonchev–Trinajstić information content (AvgIpc) is 2.54. The van der Waals surface area contributed by atoms with E-state index in [1.54, 1.807) is 4.90 Å². The number of nitrogens with zero attached hydrogens (tertiary/aromatic N) is 1. The summed E-state index contributed by atoms with van der Waals surface area (Å²) >= 11 is 0. The lowest BCUT2D eigenvalue weighted by atomic mass is 9.58. The summed E-state index contributed by atoms with van der Waals surface area (Å²) in [7, 11) is 0. The summed E-state index contributed by atoms with van der Waals surface area (Å²) in [5, 5.41) is 12.7. The fraction of sp³-hybridized carbons (Fsp3) is 0.588. The van der Waals surface area contributed by atoms with Gasteiger partial charge in [0, 0.05) is 43.3 Å². The fourth-order valence-electron chi connectivity index (χ4n) is 3.77. The van der Waals surface area contributed by atoms with Crippen molar-refractivity contribution in [2.24, 2.45) is 5.41 Å². The van der Waals surface area contributed by atoms with Crippen LogP contribution in [0.1, 0.15) is 26.2 Å². The van der Waals surface area contributed by atoms with Crippen LogP contribution in [0.15, 0.2) is 18.2 Å². The van der Waals surface area contributed by atoms with Gasteiger partial charge in [-0.05, 0) is 31.9 Å². The van der Waals surface area contributed by atoms with Gasteiger partial charge < -0.3 is 20.1 Å². The lowest BCUT2D eigenvalue weighted by Gasteiger charge is -2.56. The Balaban J connectivity index is 1.59. The van der Waals surface area contributed by atoms with Crippen LogP contribution in [-0.4, -0.2) is 47.9 Å². The number of carbonyl (C=O) groups is 1. The number of amides is 2. The van der Waals surface area contributed by atoms with Gasteiger partial charge in [0.1, 0.15) is 11.6 Å². The predicted octanol–water partition coefficient (Wildman–Crippen LogP) is 2.75. The van der Waals surface area contributed by atoms with Crippen molar-refractivity contribution in [2.75, 3.05) is 25.0 Å². The van der Waals surface area contributed by atoms with Crippen LogP contribution in [0.4, 0.5) is 19.3 Å². The van der Waals surface area contributed by atoms with Crippen molar-refractivity contribution < 1.29 is 23.4 Å². The molecule has 0 aromatic heterocycles. The van der Waals surface area contributed by atoms with Crippen molar-refractivity contribution in [3.63, 3.8) is 0 Å². The molecule has 2 N–H and O–H groups in total. The van der Waals surface area contributed by atoms with Crippen LogP contribution in [0.25, 0.3) is 0 Å². The second-order valence-corrected chi connectivity index (χ2v) is 6.50. The van der Waals surface area contributed by atoms with Gasteiger partial charge in [0.25, 0.3) is 0 Å². The van der Waals surface area contributed by atoms with Crippen LogP contribution >= 0.6 is 0 Å². The van der Waals surface area contributed by atoms with Gasteiger partial charge in [0.2, 0.25) is 0 Å². The molecule has 1 aromatic rings. The van der Waals surface area contributed by atoms with E-state index in [0.29, 0.717) is 39.0 Å². The maximum absolute atomic E-state index is 13.2.